The molecule has 0 saturated carbocycles. The van der Waals surface area contributed by atoms with Gasteiger partial charge in [0, 0.05) is 12.6 Å². The average molecular weight is 265 g/mol. The molecule has 0 radical (unpaired) electrons. The summed E-state index contributed by atoms with van der Waals surface area (Å²) in [6.07, 6.45) is 3.29. The van der Waals surface area contributed by atoms with Crippen molar-refractivity contribution in [3.8, 4) is 0 Å². The first-order valence-corrected chi connectivity index (χ1v) is 7.20. The number of fused-ring (bicyclic) bond motifs is 1. The lowest BCUT2D eigenvalue weighted by molar-refractivity contribution is -0.117. The fourth-order valence-electron chi connectivity index (χ4n) is 3.17. The predicted octanol–water partition coefficient (Wildman–Crippen LogP) is 4.12. The van der Waals surface area contributed by atoms with Gasteiger partial charge in [0.15, 0.2) is 0 Å². The molecule has 2 nitrogen and oxygen atoms in total. The highest BCUT2D eigenvalue weighted by Crippen LogP contribution is 2.36. The second-order valence-electron chi connectivity index (χ2n) is 5.33. The summed E-state index contributed by atoms with van der Waals surface area (Å²) in [6, 6.07) is 18.7. The van der Waals surface area contributed by atoms with Crippen LogP contribution in [-0.4, -0.2) is 5.91 Å². The third kappa shape index (κ3) is 2.34. The molecular weight excluding hydrogens is 246 g/mol. The monoisotopic (exact) mass is 265 g/mol. The summed E-state index contributed by atoms with van der Waals surface area (Å²) < 4.78 is 0. The third-order valence-electron chi connectivity index (χ3n) is 4.02. The molecule has 0 saturated heterocycles. The first-order chi connectivity index (χ1) is 9.77. The van der Waals surface area contributed by atoms with E-state index in [1.807, 2.05) is 35.2 Å². The molecule has 1 aliphatic rings. The summed E-state index contributed by atoms with van der Waals surface area (Å²) in [5.74, 6) is 0.109. The molecular formula is C18H19NO. The van der Waals surface area contributed by atoms with Crippen molar-refractivity contribution in [2.45, 2.75) is 32.2 Å². The standard InChI is InChI=1S/C18H19NO/c1-14(20)19(16-10-3-2-4-11-16)18-13-7-9-15-8-5-6-12-17(15)18/h2-6,8,10-12,18H,7,9,13H2,1H3/t18-/m1/s1. The van der Waals surface area contributed by atoms with Crippen LogP contribution < -0.4 is 4.90 Å². The number of carbonyl (C=O) groups is 1. The minimum atomic E-state index is 0.109. The first kappa shape index (κ1) is 12.9. The van der Waals surface area contributed by atoms with Crippen LogP contribution in [0.15, 0.2) is 54.6 Å². The van der Waals surface area contributed by atoms with Gasteiger partial charge in [-0.05, 0) is 42.5 Å². The molecule has 1 amide bonds. The molecule has 0 spiro atoms. The van der Waals surface area contributed by atoms with Gasteiger partial charge < -0.3 is 4.90 Å². The Hall–Kier alpha value is -2.09. The summed E-state index contributed by atoms with van der Waals surface area (Å²) in [7, 11) is 0. The van der Waals surface area contributed by atoms with Crippen molar-refractivity contribution in [3.05, 3.63) is 65.7 Å². The molecule has 0 aliphatic heterocycles. The van der Waals surface area contributed by atoms with Crippen molar-refractivity contribution in [3.63, 3.8) is 0 Å². The predicted molar refractivity (Wildman–Crippen MR) is 81.7 cm³/mol. The SMILES string of the molecule is CC(=O)N(c1ccccc1)[C@@H]1CCCc2ccccc21. The summed E-state index contributed by atoms with van der Waals surface area (Å²) in [6.45, 7) is 1.66. The molecule has 0 N–H and O–H groups in total. The van der Waals surface area contributed by atoms with Gasteiger partial charge in [-0.25, -0.2) is 0 Å². The second kappa shape index (κ2) is 5.49. The molecule has 2 aromatic rings. The van der Waals surface area contributed by atoms with Gasteiger partial charge in [-0.2, -0.15) is 0 Å². The number of aryl methyl sites for hydroxylation is 1. The molecule has 3 rings (SSSR count). The van der Waals surface area contributed by atoms with E-state index in [9.17, 15) is 4.79 Å². The van der Waals surface area contributed by atoms with E-state index in [0.29, 0.717) is 0 Å². The zero-order valence-electron chi connectivity index (χ0n) is 11.8. The van der Waals surface area contributed by atoms with Gasteiger partial charge in [0.2, 0.25) is 5.91 Å². The van der Waals surface area contributed by atoms with E-state index < -0.39 is 0 Å². The lowest BCUT2D eigenvalue weighted by atomic mass is 9.86. The van der Waals surface area contributed by atoms with Crippen molar-refractivity contribution in [1.82, 2.24) is 0 Å². The number of anilines is 1. The van der Waals surface area contributed by atoms with Crippen LogP contribution >= 0.6 is 0 Å². The van der Waals surface area contributed by atoms with E-state index in [1.165, 1.54) is 11.1 Å². The van der Waals surface area contributed by atoms with Crippen LogP contribution in [0.2, 0.25) is 0 Å². The Balaban J connectivity index is 2.04. The van der Waals surface area contributed by atoms with Crippen LogP contribution in [-0.2, 0) is 11.2 Å². The molecule has 0 fully saturated rings. The number of para-hydroxylation sites is 1. The molecule has 1 atom stereocenters. The number of hydrogen-bond acceptors (Lipinski definition) is 1. The minimum Gasteiger partial charge on any atom is -0.305 e. The molecule has 2 heteroatoms. The Morgan fingerprint density at radius 2 is 1.75 bits per heavy atom. The molecule has 1 aliphatic carbocycles. The van der Waals surface area contributed by atoms with Crippen LogP contribution in [0.3, 0.4) is 0 Å². The van der Waals surface area contributed by atoms with Gasteiger partial charge in [0.25, 0.3) is 0 Å². The third-order valence-corrected chi connectivity index (χ3v) is 4.02. The number of amides is 1. The van der Waals surface area contributed by atoms with Gasteiger partial charge in [-0.1, -0.05) is 42.5 Å². The highest BCUT2D eigenvalue weighted by Gasteiger charge is 2.28. The maximum atomic E-state index is 12.2. The van der Waals surface area contributed by atoms with Crippen LogP contribution in [0, 0.1) is 0 Å². The topological polar surface area (TPSA) is 20.3 Å². The molecule has 0 aromatic heterocycles. The summed E-state index contributed by atoms with van der Waals surface area (Å²) in [5.41, 5.74) is 3.67. The number of benzene rings is 2. The van der Waals surface area contributed by atoms with Gasteiger partial charge in [-0.15, -0.1) is 0 Å². The summed E-state index contributed by atoms with van der Waals surface area (Å²) in [4.78, 5) is 14.1. The number of carbonyl (C=O) groups excluding carboxylic acids is 1. The van der Waals surface area contributed by atoms with Gasteiger partial charge in [0.05, 0.1) is 6.04 Å². The Morgan fingerprint density at radius 1 is 1.05 bits per heavy atom. The number of nitrogens with zero attached hydrogens (tertiary/aromatic N) is 1. The Kier molecular flexibility index (Phi) is 3.55. The molecule has 0 bridgehead atoms. The van der Waals surface area contributed by atoms with Crippen LogP contribution in [0.4, 0.5) is 5.69 Å². The first-order valence-electron chi connectivity index (χ1n) is 7.20. The zero-order chi connectivity index (χ0) is 13.9. The summed E-state index contributed by atoms with van der Waals surface area (Å²) in [5, 5.41) is 0. The van der Waals surface area contributed by atoms with Crippen molar-refractivity contribution < 1.29 is 4.79 Å². The Morgan fingerprint density at radius 3 is 2.50 bits per heavy atom. The lowest BCUT2D eigenvalue weighted by Gasteiger charge is -2.35. The quantitative estimate of drug-likeness (QED) is 0.800. The molecule has 102 valence electrons. The van der Waals surface area contributed by atoms with E-state index in [2.05, 4.69) is 24.3 Å². The van der Waals surface area contributed by atoms with Gasteiger partial charge in [0.1, 0.15) is 0 Å². The van der Waals surface area contributed by atoms with E-state index in [4.69, 9.17) is 0 Å². The fourth-order valence-corrected chi connectivity index (χ4v) is 3.17. The second-order valence-corrected chi connectivity index (χ2v) is 5.33. The van der Waals surface area contributed by atoms with Crippen LogP contribution in [0.25, 0.3) is 0 Å². The molecule has 20 heavy (non-hydrogen) atoms. The van der Waals surface area contributed by atoms with Crippen molar-refractivity contribution >= 4 is 11.6 Å². The highest BCUT2D eigenvalue weighted by molar-refractivity contribution is 5.92. The van der Waals surface area contributed by atoms with Gasteiger partial charge in [-0.3, -0.25) is 4.79 Å². The Labute approximate surface area is 120 Å². The maximum Gasteiger partial charge on any atom is 0.224 e. The maximum absolute atomic E-state index is 12.2. The van der Waals surface area contributed by atoms with Crippen molar-refractivity contribution in [2.24, 2.45) is 0 Å². The minimum absolute atomic E-state index is 0.109. The zero-order valence-corrected chi connectivity index (χ0v) is 11.8. The van der Waals surface area contributed by atoms with Crippen molar-refractivity contribution in [1.29, 1.82) is 0 Å². The fraction of sp³-hybridized carbons (Fsp3) is 0.278. The normalized spacial score (nSPS) is 17.4. The van der Waals surface area contributed by atoms with E-state index in [0.717, 1.165) is 24.9 Å². The van der Waals surface area contributed by atoms with Crippen LogP contribution in [0.1, 0.15) is 36.9 Å². The largest absolute Gasteiger partial charge is 0.305 e. The Bertz CT molecular complexity index is 606. The van der Waals surface area contributed by atoms with E-state index in [-0.39, 0.29) is 11.9 Å². The van der Waals surface area contributed by atoms with Crippen molar-refractivity contribution in [2.75, 3.05) is 4.90 Å². The average Bonchev–Trinajstić information content (AvgIpc) is 2.48. The molecule has 2 aromatic carbocycles. The molecule has 0 heterocycles. The van der Waals surface area contributed by atoms with E-state index in [1.54, 1.807) is 6.92 Å². The van der Waals surface area contributed by atoms with Crippen LogP contribution in [0.5, 0.6) is 0 Å². The number of rotatable bonds is 2. The van der Waals surface area contributed by atoms with E-state index >= 15 is 0 Å². The van der Waals surface area contributed by atoms with Gasteiger partial charge >= 0.3 is 0 Å². The highest BCUT2D eigenvalue weighted by atomic mass is 16.2. The number of hydrogen-bond donors (Lipinski definition) is 0. The molecule has 0 unspecified atom stereocenters. The lowest BCUT2D eigenvalue weighted by Crippen LogP contribution is -2.35. The summed E-state index contributed by atoms with van der Waals surface area (Å²) >= 11 is 0. The smallest absolute Gasteiger partial charge is 0.224 e.